The van der Waals surface area contributed by atoms with Crippen molar-refractivity contribution in [2.24, 2.45) is 115 Å². The van der Waals surface area contributed by atoms with Gasteiger partial charge in [-0.2, -0.15) is 0 Å². The van der Waals surface area contributed by atoms with Crippen molar-refractivity contribution in [3.8, 4) is 0 Å². The molecular formula is C89H148ClN3O15S2. The summed E-state index contributed by atoms with van der Waals surface area (Å²) in [7, 11) is -7.00. The molecule has 628 valence electrons. The number of nitrogens with zero attached hydrogens (tertiary/aromatic N) is 2. The largest absolute Gasteiger partial charge is 0.480 e. The van der Waals surface area contributed by atoms with Gasteiger partial charge < -0.3 is 30.9 Å². The third kappa shape index (κ3) is 21.0. The van der Waals surface area contributed by atoms with Crippen molar-refractivity contribution in [3.63, 3.8) is 0 Å². The molecule has 5 N–H and O–H groups in total. The number of halogens is 1. The molecule has 2 heterocycles. The Morgan fingerprint density at radius 1 is 0.509 bits per heavy atom. The number of carbonyl (C=O) groups is 8. The van der Waals surface area contributed by atoms with Crippen LogP contribution >= 0.6 is 12.4 Å². The molecule has 110 heavy (non-hydrogen) atoms. The molecule has 21 heteroatoms. The summed E-state index contributed by atoms with van der Waals surface area (Å²) in [5.41, 5.74) is 3.42. The summed E-state index contributed by atoms with van der Waals surface area (Å²) in [5.74, 6) is -1.86. The average Bonchev–Trinajstić information content (AvgIpc) is 1.58. The lowest BCUT2D eigenvalue weighted by atomic mass is 9.59. The maximum atomic E-state index is 15.2. The molecule has 0 aromatic rings. The Morgan fingerprint density at radius 3 is 1.20 bits per heavy atom. The maximum absolute atomic E-state index is 15.2. The van der Waals surface area contributed by atoms with Gasteiger partial charge in [-0.05, 0) is 185 Å². The standard InChI is InChI=1S/C45H73NO7S.C33H55NO6S.C11H19NO2.ClH/c1-10-11-18-36(48)40(50)32(23-31-19-20-31)24-37(49)39-38-35(43(38,7)8)27-46(39)41(51)34(44(9)21-13-12-14-22-44)25-33(47)26-45(28-54(52,53)42(4,5)6)29(2)16-15-17-30(45)3;1-21-13-12-14-22(2)33(21,20-41(39,40)30(3,4)5)18-23(35)17-24(32(8)15-10-9-11-16-32)28(36)34-19-25-26(31(25,6)7)27(34)29(37)38;1-2-3-4-10(13)11(14)9(12)7-8-5-6-8;/h10,29-32,34-35,38-40,50H,1,11-28H2,2-9H3;21-22,24-27H,9-20H2,1-8H3,(H,37,38);2,8-9,11,14H,1,3-7,12H2;1H/t29-,30+,32?,34-,35+,38+,39-,40?,45?;21-,22+,24-,25+,26+,27+,33?;;/m11../s1. The number of carbonyl (C=O) groups excluding carboxylic acids is 7. The first-order valence-electron chi connectivity index (χ1n) is 42.8. The van der Waals surface area contributed by atoms with Crippen LogP contribution in [0.4, 0.5) is 0 Å². The smallest absolute Gasteiger partial charge is 0.326 e. The van der Waals surface area contributed by atoms with E-state index in [0.29, 0.717) is 50.6 Å². The molecule has 18 nitrogen and oxygen atoms in total. The number of piperidine rings is 2. The van der Waals surface area contributed by atoms with Gasteiger partial charge in [-0.1, -0.05) is 184 Å². The van der Waals surface area contributed by atoms with Crippen molar-refractivity contribution in [2.45, 2.75) is 350 Å². The second-order valence-corrected chi connectivity index (χ2v) is 46.6. The number of fused-ring (bicyclic) bond motifs is 2. The predicted octanol–water partition coefficient (Wildman–Crippen LogP) is 15.9. The zero-order valence-electron chi connectivity index (χ0n) is 70.6. The highest BCUT2D eigenvalue weighted by Gasteiger charge is 2.71. The number of amides is 2. The van der Waals surface area contributed by atoms with E-state index in [1.54, 1.807) is 58.6 Å². The summed E-state index contributed by atoms with van der Waals surface area (Å²) >= 11 is 0. The zero-order valence-corrected chi connectivity index (χ0v) is 73.1. The first-order valence-corrected chi connectivity index (χ1v) is 46.1. The van der Waals surface area contributed by atoms with E-state index in [1.807, 2.05) is 4.90 Å². The summed E-state index contributed by atoms with van der Waals surface area (Å²) in [6, 6.07) is -1.85. The molecule has 8 saturated carbocycles. The van der Waals surface area contributed by atoms with Crippen LogP contribution in [0.3, 0.4) is 0 Å². The average molecular weight is 1600 g/mol. The number of rotatable bonds is 34. The molecule has 0 aromatic heterocycles. The molecule has 10 rings (SSSR count). The number of hydrogen-bond donors (Lipinski definition) is 4. The second kappa shape index (κ2) is 36.4. The Hall–Kier alpha value is -3.69. The van der Waals surface area contributed by atoms with Crippen LogP contribution in [-0.4, -0.2) is 153 Å². The maximum Gasteiger partial charge on any atom is 0.326 e. The van der Waals surface area contributed by atoms with Gasteiger partial charge in [0.1, 0.15) is 29.8 Å². The third-order valence-electron chi connectivity index (χ3n) is 30.8. The first kappa shape index (κ1) is 93.5. The number of carboxylic acid groups (broad SMARTS) is 1. The second-order valence-electron chi connectivity index (χ2n) is 41.1. The lowest BCUT2D eigenvalue weighted by Gasteiger charge is -2.48. The van der Waals surface area contributed by atoms with E-state index in [2.05, 4.69) is 82.4 Å². The van der Waals surface area contributed by atoms with Crippen LogP contribution in [0.25, 0.3) is 0 Å². The fourth-order valence-electron chi connectivity index (χ4n) is 21.8. The number of ketones is 5. The fourth-order valence-corrected chi connectivity index (χ4v) is 25.4. The van der Waals surface area contributed by atoms with Crippen molar-refractivity contribution in [1.29, 1.82) is 0 Å². The van der Waals surface area contributed by atoms with Crippen LogP contribution in [0.2, 0.25) is 0 Å². The van der Waals surface area contributed by atoms with Gasteiger partial charge in [0.2, 0.25) is 11.8 Å². The Labute approximate surface area is 669 Å². The lowest BCUT2D eigenvalue weighted by molar-refractivity contribution is -0.155. The van der Waals surface area contributed by atoms with Gasteiger partial charge in [0.05, 0.1) is 38.9 Å². The number of aliphatic hydroxyl groups excluding tert-OH is 2. The molecule has 10 aliphatic rings. The van der Waals surface area contributed by atoms with Crippen LogP contribution in [-0.2, 0) is 58.0 Å². The molecule has 8 aliphatic carbocycles. The fraction of sp³-hybridized carbons (Fsp3) is 0.865. The van der Waals surface area contributed by atoms with Gasteiger partial charge in [-0.15, -0.1) is 25.6 Å². The van der Waals surface area contributed by atoms with E-state index in [4.69, 9.17) is 5.73 Å². The quantitative estimate of drug-likeness (QED) is 0.0435. The summed E-state index contributed by atoms with van der Waals surface area (Å²) in [6.07, 6.45) is 24.3. The highest BCUT2D eigenvalue weighted by molar-refractivity contribution is 7.93. The summed E-state index contributed by atoms with van der Waals surface area (Å²) < 4.78 is 52.9. The van der Waals surface area contributed by atoms with Crippen LogP contribution in [0, 0.1) is 109 Å². The monoisotopic (exact) mass is 1600 g/mol. The normalized spacial score (nSPS) is 31.6. The van der Waals surface area contributed by atoms with Gasteiger partial charge in [0, 0.05) is 70.0 Å². The van der Waals surface area contributed by atoms with Gasteiger partial charge in [0.25, 0.3) is 0 Å². The number of aliphatic hydroxyl groups is 2. The van der Waals surface area contributed by atoms with Crippen LogP contribution < -0.4 is 5.73 Å². The van der Waals surface area contributed by atoms with Crippen molar-refractivity contribution in [3.05, 3.63) is 25.3 Å². The number of aliphatic carboxylic acids is 1. The van der Waals surface area contributed by atoms with Gasteiger partial charge >= 0.3 is 5.97 Å². The van der Waals surface area contributed by atoms with Gasteiger partial charge in [-0.3, -0.25) is 33.6 Å². The summed E-state index contributed by atoms with van der Waals surface area (Å²) in [5, 5.41) is 31.0. The number of carboxylic acids is 1. The zero-order chi connectivity index (χ0) is 81.3. The number of Topliss-reactive ketones (excluding diaryl/α,β-unsaturated/α-hetero) is 5. The molecule has 2 saturated heterocycles. The molecular weight excluding hydrogens is 1450 g/mol. The number of likely N-dealkylation sites (tertiary alicyclic amines) is 2. The summed E-state index contributed by atoms with van der Waals surface area (Å²) in [6.45, 7) is 39.8. The van der Waals surface area contributed by atoms with Crippen molar-refractivity contribution >= 4 is 78.8 Å². The Bertz CT molecular complexity index is 3490. The molecule has 0 aromatic carbocycles. The SMILES string of the molecule is C=CCCC(=O)C(O)C(CC(=O)[C@@H]1[C@@H]2[C@H](CN1C(=O)[C@@H](CC(=O)CC1(CS(=O)(=O)C(C)(C)C)[C@H](C)CCC[C@@H]1C)C1(C)CCCCC1)C2(C)C)CC1CC1.C=CCCC(=O)C(O)C(N)CC1CC1.C[C@@H]1CCC[C@H](C)C1(CC(=O)C[C@H](C(=O)N1C[C@H]2[C@@H]([C@H]1C(=O)O)C2(C)C)C1(C)CCCCC1)CS(=O)(=O)C(C)(C)C.Cl. The molecule has 0 bridgehead atoms. The van der Waals surface area contributed by atoms with Gasteiger partial charge in [0.15, 0.2) is 37.0 Å². The minimum atomic E-state index is -3.53. The summed E-state index contributed by atoms with van der Waals surface area (Å²) in [4.78, 5) is 113. The third-order valence-corrected chi connectivity index (χ3v) is 36.4. The highest BCUT2D eigenvalue weighted by atomic mass is 35.5. The molecule has 2 amide bonds. The van der Waals surface area contributed by atoms with E-state index in [1.165, 1.54) is 12.8 Å². The van der Waals surface area contributed by atoms with E-state index in [0.717, 1.165) is 122 Å². The van der Waals surface area contributed by atoms with Crippen molar-refractivity contribution in [1.82, 2.24) is 9.80 Å². The van der Waals surface area contributed by atoms with Crippen molar-refractivity contribution < 1.29 is 70.5 Å². The van der Waals surface area contributed by atoms with E-state index in [-0.39, 0.29) is 173 Å². The number of hydrogen-bond acceptors (Lipinski definition) is 15. The van der Waals surface area contributed by atoms with Crippen LogP contribution in [0.5, 0.6) is 0 Å². The highest BCUT2D eigenvalue weighted by Crippen LogP contribution is 2.67. The van der Waals surface area contributed by atoms with Crippen LogP contribution in [0.1, 0.15) is 310 Å². The molecule has 2 aliphatic heterocycles. The number of nitrogens with two attached hydrogens (primary N) is 1. The molecule has 6 unspecified atom stereocenters. The molecule has 18 atom stereocenters. The van der Waals surface area contributed by atoms with E-state index in [9.17, 15) is 65.7 Å². The molecule has 0 radical (unpaired) electrons. The Morgan fingerprint density at radius 2 is 0.855 bits per heavy atom. The van der Waals surface area contributed by atoms with E-state index < -0.39 is 93.4 Å². The minimum absolute atomic E-state index is 0. The predicted molar refractivity (Wildman–Crippen MR) is 438 cm³/mol. The Kier molecular flexibility index (Phi) is 31.0. The molecule has 10 fully saturated rings. The minimum Gasteiger partial charge on any atom is -0.480 e. The molecule has 0 spiro atoms. The number of sulfone groups is 2. The topological polar surface area (TPSA) is 298 Å². The first-order chi connectivity index (χ1) is 50.5. The van der Waals surface area contributed by atoms with Crippen molar-refractivity contribution in [2.75, 3.05) is 24.6 Å². The van der Waals surface area contributed by atoms with E-state index >= 15 is 4.79 Å². The van der Waals surface area contributed by atoms with Crippen LogP contribution in [0.15, 0.2) is 25.3 Å². The van der Waals surface area contributed by atoms with Gasteiger partial charge in [-0.25, -0.2) is 21.6 Å². The Balaban J connectivity index is 0.000000264. The number of allylic oxidation sites excluding steroid dienone is 2. The lowest BCUT2D eigenvalue weighted by Crippen LogP contribution is -2.52.